The second kappa shape index (κ2) is 4.16. The summed E-state index contributed by atoms with van der Waals surface area (Å²) in [5.74, 6) is 0.241. The van der Waals surface area contributed by atoms with Gasteiger partial charge in [-0.2, -0.15) is 5.26 Å². The highest BCUT2D eigenvalue weighted by molar-refractivity contribution is 9.10. The van der Waals surface area contributed by atoms with E-state index in [0.29, 0.717) is 20.7 Å². The second-order valence-electron chi connectivity index (χ2n) is 3.05. The van der Waals surface area contributed by atoms with Crippen molar-refractivity contribution in [3.8, 4) is 11.8 Å². The molecule has 0 spiro atoms. The maximum Gasteiger partial charge on any atom is 0.164 e. The van der Waals surface area contributed by atoms with Crippen LogP contribution < -0.4 is 5.73 Å². The van der Waals surface area contributed by atoms with E-state index in [1.165, 1.54) is 4.68 Å². The van der Waals surface area contributed by atoms with Crippen LogP contribution in [0, 0.1) is 11.3 Å². The maximum absolute atomic E-state index is 9.05. The van der Waals surface area contributed by atoms with E-state index in [9.17, 15) is 0 Å². The second-order valence-corrected chi connectivity index (χ2v) is 4.31. The van der Waals surface area contributed by atoms with Crippen molar-refractivity contribution in [2.75, 3.05) is 5.73 Å². The van der Waals surface area contributed by atoms with Crippen LogP contribution in [0.5, 0.6) is 0 Å². The zero-order valence-corrected chi connectivity index (χ0v) is 10.3. The van der Waals surface area contributed by atoms with Crippen LogP contribution in [-0.4, -0.2) is 9.78 Å². The number of benzene rings is 1. The van der Waals surface area contributed by atoms with Crippen molar-refractivity contribution in [1.82, 2.24) is 9.78 Å². The van der Waals surface area contributed by atoms with Gasteiger partial charge in [-0.05, 0) is 28.1 Å². The van der Waals surface area contributed by atoms with Crippen molar-refractivity contribution < 1.29 is 0 Å². The van der Waals surface area contributed by atoms with Gasteiger partial charge < -0.3 is 5.73 Å². The number of anilines is 1. The van der Waals surface area contributed by atoms with E-state index in [4.69, 9.17) is 22.6 Å². The minimum atomic E-state index is 0.241. The van der Waals surface area contributed by atoms with E-state index in [1.54, 1.807) is 18.3 Å². The van der Waals surface area contributed by atoms with Gasteiger partial charge in [0, 0.05) is 4.47 Å². The number of nitrogens with zero attached hydrogens (tertiary/aromatic N) is 3. The monoisotopic (exact) mass is 296 g/mol. The van der Waals surface area contributed by atoms with E-state index >= 15 is 0 Å². The smallest absolute Gasteiger partial charge is 0.164 e. The van der Waals surface area contributed by atoms with Crippen molar-refractivity contribution in [3.05, 3.63) is 39.5 Å². The Hall–Kier alpha value is -1.51. The molecule has 2 rings (SSSR count). The predicted octanol–water partition coefficient (Wildman–Crippen LogP) is 2.74. The minimum absolute atomic E-state index is 0.241. The fourth-order valence-electron chi connectivity index (χ4n) is 1.30. The Morgan fingerprint density at radius 3 is 2.81 bits per heavy atom. The number of nitrogens with two attached hydrogens (primary N) is 1. The van der Waals surface area contributed by atoms with E-state index < -0.39 is 0 Å². The highest BCUT2D eigenvalue weighted by Crippen LogP contribution is 2.25. The van der Waals surface area contributed by atoms with Crippen LogP contribution in [-0.2, 0) is 0 Å². The van der Waals surface area contributed by atoms with Crippen molar-refractivity contribution in [1.29, 1.82) is 5.26 Å². The molecule has 0 amide bonds. The molecular formula is C10H6BrClN4. The fourth-order valence-corrected chi connectivity index (χ4v) is 1.88. The van der Waals surface area contributed by atoms with Gasteiger partial charge in [0.25, 0.3) is 0 Å². The number of aromatic nitrogens is 2. The molecule has 0 unspecified atom stereocenters. The molecule has 0 aliphatic heterocycles. The summed E-state index contributed by atoms with van der Waals surface area (Å²) in [6.07, 6.45) is 1.57. The summed E-state index contributed by atoms with van der Waals surface area (Å²) in [5.41, 5.74) is 6.67. The Balaban J connectivity index is 2.65. The molecule has 0 radical (unpaired) electrons. The summed E-state index contributed by atoms with van der Waals surface area (Å²) in [6, 6.07) is 7.47. The topological polar surface area (TPSA) is 67.6 Å². The molecule has 0 bridgehead atoms. The summed E-state index contributed by atoms with van der Waals surface area (Å²) in [7, 11) is 0. The van der Waals surface area contributed by atoms with Crippen molar-refractivity contribution >= 4 is 33.3 Å². The lowest BCUT2D eigenvalue weighted by atomic mass is 10.2. The quantitative estimate of drug-likeness (QED) is 0.880. The molecule has 0 atom stereocenters. The zero-order valence-electron chi connectivity index (χ0n) is 7.98. The first kappa shape index (κ1) is 11.0. The molecule has 0 aliphatic rings. The molecule has 2 N–H and O–H groups in total. The number of nitriles is 1. The van der Waals surface area contributed by atoms with Crippen LogP contribution in [0.25, 0.3) is 5.69 Å². The number of halogens is 2. The lowest BCUT2D eigenvalue weighted by molar-refractivity contribution is 0.882. The summed E-state index contributed by atoms with van der Waals surface area (Å²) >= 11 is 9.11. The van der Waals surface area contributed by atoms with Crippen molar-refractivity contribution in [2.24, 2.45) is 0 Å². The Labute approximate surface area is 105 Å². The lowest BCUT2D eigenvalue weighted by Gasteiger charge is -2.04. The molecule has 80 valence electrons. The molecular weight excluding hydrogens is 291 g/mol. The molecule has 4 nitrogen and oxygen atoms in total. The standard InChI is InChI=1S/C10H6BrClN4/c11-7-2-1-3-9(6(7)4-13)16-5-8(12)10(14)15-16/h1-3,5H,(H2,14,15). The summed E-state index contributed by atoms with van der Waals surface area (Å²) in [5, 5.41) is 13.4. The van der Waals surface area contributed by atoms with Gasteiger partial charge in [-0.3, -0.25) is 0 Å². The van der Waals surface area contributed by atoms with Gasteiger partial charge in [-0.1, -0.05) is 17.7 Å². The number of rotatable bonds is 1. The van der Waals surface area contributed by atoms with Crippen LogP contribution >= 0.6 is 27.5 Å². The van der Waals surface area contributed by atoms with Crippen LogP contribution in [0.3, 0.4) is 0 Å². The first-order valence-corrected chi connectivity index (χ1v) is 5.50. The molecule has 6 heteroatoms. The van der Waals surface area contributed by atoms with Crippen LogP contribution in [0.4, 0.5) is 5.82 Å². The summed E-state index contributed by atoms with van der Waals surface area (Å²) in [4.78, 5) is 0. The lowest BCUT2D eigenvalue weighted by Crippen LogP contribution is -1.99. The van der Waals surface area contributed by atoms with E-state index in [-0.39, 0.29) is 5.82 Å². The number of hydrogen-bond donors (Lipinski definition) is 1. The Morgan fingerprint density at radius 1 is 1.50 bits per heavy atom. The first-order valence-electron chi connectivity index (χ1n) is 4.33. The molecule has 2 aromatic rings. The highest BCUT2D eigenvalue weighted by atomic mass is 79.9. The maximum atomic E-state index is 9.05. The zero-order chi connectivity index (χ0) is 11.7. The molecule has 0 fully saturated rings. The SMILES string of the molecule is N#Cc1c(Br)cccc1-n1cc(Cl)c(N)n1. The third-order valence-corrected chi connectivity index (χ3v) is 3.00. The number of hydrogen-bond acceptors (Lipinski definition) is 3. The largest absolute Gasteiger partial charge is 0.381 e. The predicted molar refractivity (Wildman–Crippen MR) is 65.4 cm³/mol. The van der Waals surface area contributed by atoms with Gasteiger partial charge in [0.2, 0.25) is 0 Å². The number of nitrogen functional groups attached to an aromatic ring is 1. The van der Waals surface area contributed by atoms with Crippen LogP contribution in [0.15, 0.2) is 28.9 Å². The van der Waals surface area contributed by atoms with Gasteiger partial charge >= 0.3 is 0 Å². The van der Waals surface area contributed by atoms with E-state index in [2.05, 4.69) is 27.1 Å². The average molecular weight is 298 g/mol. The fraction of sp³-hybridized carbons (Fsp3) is 0. The minimum Gasteiger partial charge on any atom is -0.381 e. The molecule has 1 heterocycles. The van der Waals surface area contributed by atoms with Crippen LogP contribution in [0.2, 0.25) is 5.02 Å². The van der Waals surface area contributed by atoms with Crippen LogP contribution in [0.1, 0.15) is 5.56 Å². The molecule has 1 aromatic carbocycles. The van der Waals surface area contributed by atoms with E-state index in [0.717, 1.165) is 0 Å². The third kappa shape index (κ3) is 1.77. The van der Waals surface area contributed by atoms with Crippen molar-refractivity contribution in [2.45, 2.75) is 0 Å². The third-order valence-electron chi connectivity index (χ3n) is 2.05. The molecule has 16 heavy (non-hydrogen) atoms. The van der Waals surface area contributed by atoms with Gasteiger partial charge in [-0.25, -0.2) is 4.68 Å². The summed E-state index contributed by atoms with van der Waals surface area (Å²) < 4.78 is 2.19. The summed E-state index contributed by atoms with van der Waals surface area (Å²) in [6.45, 7) is 0. The first-order chi connectivity index (χ1) is 7.63. The molecule has 1 aromatic heterocycles. The van der Waals surface area contributed by atoms with Gasteiger partial charge in [0.05, 0.1) is 17.4 Å². The average Bonchev–Trinajstić information content (AvgIpc) is 2.59. The Bertz CT molecular complexity index is 565. The van der Waals surface area contributed by atoms with Gasteiger partial charge in [-0.15, -0.1) is 5.10 Å². The normalized spacial score (nSPS) is 10.1. The van der Waals surface area contributed by atoms with E-state index in [1.807, 2.05) is 6.07 Å². The molecule has 0 saturated carbocycles. The van der Waals surface area contributed by atoms with Gasteiger partial charge in [0.1, 0.15) is 11.1 Å². The molecule has 0 saturated heterocycles. The van der Waals surface area contributed by atoms with Crippen molar-refractivity contribution in [3.63, 3.8) is 0 Å². The Morgan fingerprint density at radius 2 is 2.25 bits per heavy atom. The Kier molecular flexibility index (Phi) is 2.86. The van der Waals surface area contributed by atoms with Gasteiger partial charge in [0.15, 0.2) is 5.82 Å². The highest BCUT2D eigenvalue weighted by Gasteiger charge is 2.10. The molecule has 0 aliphatic carbocycles.